The summed E-state index contributed by atoms with van der Waals surface area (Å²) in [7, 11) is 0. The summed E-state index contributed by atoms with van der Waals surface area (Å²) in [5.74, 6) is -9.34. The third-order valence-corrected chi connectivity index (χ3v) is 3.47. The number of ether oxygens (including phenoxy) is 2. The second kappa shape index (κ2) is 7.38. The summed E-state index contributed by atoms with van der Waals surface area (Å²) in [4.78, 5) is 45.1. The van der Waals surface area contributed by atoms with Gasteiger partial charge in [-0.05, 0) is 0 Å². The van der Waals surface area contributed by atoms with Crippen LogP contribution in [0.2, 0.25) is 0 Å². The Bertz CT molecular complexity index is 421. The van der Waals surface area contributed by atoms with E-state index in [0.717, 1.165) is 0 Å². The van der Waals surface area contributed by atoms with E-state index in [9.17, 15) is 19.2 Å². The van der Waals surface area contributed by atoms with Crippen molar-refractivity contribution in [2.45, 2.75) is 38.9 Å². The third-order valence-electron chi connectivity index (χ3n) is 3.47. The van der Waals surface area contributed by atoms with Crippen LogP contribution in [-0.2, 0) is 28.7 Å². The minimum atomic E-state index is -2.69. The molecule has 0 atom stereocenters. The zero-order chi connectivity index (χ0) is 18.6. The van der Waals surface area contributed by atoms with Crippen molar-refractivity contribution in [1.29, 1.82) is 0 Å². The Morgan fingerprint density at radius 1 is 0.696 bits per heavy atom. The third kappa shape index (κ3) is 3.59. The van der Waals surface area contributed by atoms with E-state index in [1.54, 1.807) is 0 Å². The molecule has 4 N–H and O–H groups in total. The van der Waals surface area contributed by atoms with Crippen molar-refractivity contribution in [2.24, 2.45) is 11.8 Å². The van der Waals surface area contributed by atoms with Crippen LogP contribution in [0.25, 0.3) is 0 Å². The lowest BCUT2D eigenvalue weighted by Crippen LogP contribution is -2.57. The predicted octanol–water partition coefficient (Wildman–Crippen LogP) is 0.105. The van der Waals surface area contributed by atoms with Crippen LogP contribution < -0.4 is 0 Å². The maximum Gasteiger partial charge on any atom is 0.348 e. The molecule has 0 spiro atoms. The van der Waals surface area contributed by atoms with Crippen LogP contribution >= 0.6 is 0 Å². The summed E-state index contributed by atoms with van der Waals surface area (Å²) in [6.07, 6.45) is 0. The van der Waals surface area contributed by atoms with E-state index in [1.807, 2.05) is 0 Å². The van der Waals surface area contributed by atoms with E-state index >= 15 is 0 Å². The minimum Gasteiger partial charge on any atom is -0.479 e. The highest BCUT2D eigenvalue weighted by atomic mass is 16.7. The molecule has 0 aliphatic carbocycles. The van der Waals surface area contributed by atoms with Crippen LogP contribution in [0.5, 0.6) is 0 Å². The molecule has 0 unspecified atom stereocenters. The molecule has 10 nitrogen and oxygen atoms in total. The highest BCUT2D eigenvalue weighted by Gasteiger charge is 2.54. The topological polar surface area (TPSA) is 168 Å². The van der Waals surface area contributed by atoms with Crippen molar-refractivity contribution < 1.29 is 49.1 Å². The molecule has 0 rings (SSSR count). The van der Waals surface area contributed by atoms with Crippen LogP contribution in [0.1, 0.15) is 27.7 Å². The van der Waals surface area contributed by atoms with Gasteiger partial charge < -0.3 is 29.9 Å². The molecule has 0 bridgehead atoms. The lowest BCUT2D eigenvalue weighted by atomic mass is 9.90. The number of rotatable bonds is 10. The fraction of sp³-hybridized carbons (Fsp3) is 0.692. The van der Waals surface area contributed by atoms with E-state index in [0.29, 0.717) is 0 Å². The highest BCUT2D eigenvalue weighted by molar-refractivity contribution is 6.03. The van der Waals surface area contributed by atoms with E-state index in [4.69, 9.17) is 29.9 Å². The molecule has 0 aromatic rings. The Morgan fingerprint density at radius 3 is 1.04 bits per heavy atom. The maximum atomic E-state index is 11.3. The quantitative estimate of drug-likeness (QED) is 0.317. The van der Waals surface area contributed by atoms with E-state index in [2.05, 4.69) is 0 Å². The SMILES string of the molecule is CC(C)C(OCOC(C(=O)O)(C(=O)O)C(C)C)(C(=O)O)C(=O)O. The van der Waals surface area contributed by atoms with Gasteiger partial charge in [-0.15, -0.1) is 0 Å². The van der Waals surface area contributed by atoms with Crippen molar-refractivity contribution in [3.8, 4) is 0 Å². The standard InChI is InChI=1S/C13H20O10/c1-6(2)12(8(14)15,9(16)17)22-5-23-13(7(3)4,10(18)19)11(20)21/h6-7H,5H2,1-4H3,(H,14,15)(H,16,17)(H,18,19)(H,20,21). The van der Waals surface area contributed by atoms with Gasteiger partial charge in [-0.25, -0.2) is 19.2 Å². The van der Waals surface area contributed by atoms with Crippen molar-refractivity contribution in [1.82, 2.24) is 0 Å². The summed E-state index contributed by atoms with van der Waals surface area (Å²) in [5, 5.41) is 36.5. The molecule has 0 saturated carbocycles. The normalized spacial score (nSPS) is 12.4. The summed E-state index contributed by atoms with van der Waals surface area (Å²) in [6.45, 7) is 3.94. The zero-order valence-corrected chi connectivity index (χ0v) is 13.1. The number of hydrogen-bond acceptors (Lipinski definition) is 6. The van der Waals surface area contributed by atoms with Crippen molar-refractivity contribution in [2.75, 3.05) is 6.79 Å². The average Bonchev–Trinajstić information content (AvgIpc) is 2.35. The lowest BCUT2D eigenvalue weighted by Gasteiger charge is -2.32. The zero-order valence-electron chi connectivity index (χ0n) is 13.1. The molecule has 10 heteroatoms. The predicted molar refractivity (Wildman–Crippen MR) is 72.7 cm³/mol. The molecule has 0 amide bonds. The second-order valence-electron chi connectivity index (χ2n) is 5.41. The van der Waals surface area contributed by atoms with Crippen LogP contribution in [0.3, 0.4) is 0 Å². The van der Waals surface area contributed by atoms with Crippen molar-refractivity contribution >= 4 is 23.9 Å². The van der Waals surface area contributed by atoms with Crippen molar-refractivity contribution in [3.05, 3.63) is 0 Å². The monoisotopic (exact) mass is 336 g/mol. The van der Waals surface area contributed by atoms with Gasteiger partial charge in [0.2, 0.25) is 0 Å². The van der Waals surface area contributed by atoms with Crippen molar-refractivity contribution in [3.63, 3.8) is 0 Å². The molecule has 132 valence electrons. The Morgan fingerprint density at radius 2 is 0.913 bits per heavy atom. The Hall–Kier alpha value is -2.20. The Balaban J connectivity index is 5.50. The number of carbonyl (C=O) groups is 4. The van der Waals surface area contributed by atoms with Gasteiger partial charge in [0, 0.05) is 11.8 Å². The van der Waals surface area contributed by atoms with Gasteiger partial charge in [-0.1, -0.05) is 27.7 Å². The minimum absolute atomic E-state index is 1.04. The molecule has 0 aromatic heterocycles. The largest absolute Gasteiger partial charge is 0.479 e. The number of hydrogen-bond donors (Lipinski definition) is 4. The van der Waals surface area contributed by atoms with Gasteiger partial charge >= 0.3 is 23.9 Å². The van der Waals surface area contributed by atoms with E-state index < -0.39 is 53.7 Å². The summed E-state index contributed by atoms with van der Waals surface area (Å²) >= 11 is 0. The molecular weight excluding hydrogens is 316 g/mol. The maximum absolute atomic E-state index is 11.3. The van der Waals surface area contributed by atoms with Gasteiger partial charge in [0.1, 0.15) is 0 Å². The fourth-order valence-electron chi connectivity index (χ4n) is 1.97. The number of carboxylic acids is 4. The van der Waals surface area contributed by atoms with Crippen LogP contribution in [-0.4, -0.2) is 62.3 Å². The molecule has 0 aliphatic heterocycles. The van der Waals surface area contributed by atoms with Gasteiger partial charge in [0.05, 0.1) is 0 Å². The Kier molecular flexibility index (Phi) is 6.67. The average molecular weight is 336 g/mol. The fourth-order valence-corrected chi connectivity index (χ4v) is 1.97. The van der Waals surface area contributed by atoms with Gasteiger partial charge in [-0.2, -0.15) is 0 Å². The first-order valence-corrected chi connectivity index (χ1v) is 6.58. The van der Waals surface area contributed by atoms with Gasteiger partial charge in [0.15, 0.2) is 6.79 Å². The van der Waals surface area contributed by atoms with E-state index in [1.165, 1.54) is 27.7 Å². The lowest BCUT2D eigenvalue weighted by molar-refractivity contribution is -0.234. The van der Waals surface area contributed by atoms with Crippen LogP contribution in [0, 0.1) is 11.8 Å². The number of aliphatic carboxylic acids is 4. The smallest absolute Gasteiger partial charge is 0.348 e. The second-order valence-corrected chi connectivity index (χ2v) is 5.41. The molecule has 0 saturated heterocycles. The first-order chi connectivity index (χ1) is 10.4. The molecule has 0 heterocycles. The molecule has 0 radical (unpaired) electrons. The molecular formula is C13H20O10. The molecule has 0 fully saturated rings. The number of carboxylic acid groups (broad SMARTS) is 4. The first-order valence-electron chi connectivity index (χ1n) is 6.58. The summed E-state index contributed by atoms with van der Waals surface area (Å²) in [5.41, 5.74) is -5.39. The highest BCUT2D eigenvalue weighted by Crippen LogP contribution is 2.27. The Labute approximate surface area is 131 Å². The van der Waals surface area contributed by atoms with E-state index in [-0.39, 0.29) is 0 Å². The summed E-state index contributed by atoms with van der Waals surface area (Å²) in [6, 6.07) is 0. The molecule has 0 aliphatic rings. The van der Waals surface area contributed by atoms with Gasteiger partial charge in [-0.3, -0.25) is 0 Å². The molecule has 23 heavy (non-hydrogen) atoms. The van der Waals surface area contributed by atoms with Crippen LogP contribution in [0.15, 0.2) is 0 Å². The van der Waals surface area contributed by atoms with Crippen LogP contribution in [0.4, 0.5) is 0 Å². The molecule has 0 aromatic carbocycles. The summed E-state index contributed by atoms with van der Waals surface area (Å²) < 4.78 is 9.54. The van der Waals surface area contributed by atoms with Gasteiger partial charge in [0.25, 0.3) is 11.2 Å². The first kappa shape index (κ1) is 20.8.